The van der Waals surface area contributed by atoms with Crippen molar-refractivity contribution >= 4 is 15.9 Å². The molecule has 1 aromatic carbocycles. The molecule has 0 radical (unpaired) electrons. The first-order valence-corrected chi connectivity index (χ1v) is 7.04. The quantitative estimate of drug-likeness (QED) is 0.505. The maximum absolute atomic E-state index is 13.9. The second-order valence-corrected chi connectivity index (χ2v) is 5.75. The van der Waals surface area contributed by atoms with Crippen LogP contribution in [-0.4, -0.2) is 18.8 Å². The molecule has 19 heavy (non-hydrogen) atoms. The predicted molar refractivity (Wildman–Crippen MR) is 72.4 cm³/mol. The molecule has 6 heteroatoms. The van der Waals surface area contributed by atoms with Gasteiger partial charge < -0.3 is 4.74 Å². The van der Waals surface area contributed by atoms with Gasteiger partial charge in [-0.05, 0) is 46.8 Å². The van der Waals surface area contributed by atoms with Gasteiger partial charge in [0.25, 0.3) is 0 Å². The Kier molecular flexibility index (Phi) is 4.89. The lowest BCUT2D eigenvalue weighted by Gasteiger charge is -2.25. The molecule has 1 fully saturated rings. The van der Waals surface area contributed by atoms with Gasteiger partial charge in [0.15, 0.2) is 0 Å². The zero-order valence-electron chi connectivity index (χ0n) is 10.6. The van der Waals surface area contributed by atoms with Crippen LogP contribution in [0.3, 0.4) is 0 Å². The van der Waals surface area contributed by atoms with Crippen molar-refractivity contribution in [2.24, 2.45) is 11.8 Å². The van der Waals surface area contributed by atoms with Crippen LogP contribution in [0.5, 0.6) is 0 Å². The SMILES string of the molecule is CC1CCOC1C(Cc1c(F)ccc(Br)c1F)NN. The molecule has 3 nitrogen and oxygen atoms in total. The van der Waals surface area contributed by atoms with Crippen LogP contribution >= 0.6 is 15.9 Å². The summed E-state index contributed by atoms with van der Waals surface area (Å²) in [5, 5.41) is 0. The second-order valence-electron chi connectivity index (χ2n) is 4.90. The van der Waals surface area contributed by atoms with Crippen molar-refractivity contribution in [2.75, 3.05) is 6.61 Å². The minimum Gasteiger partial charge on any atom is -0.376 e. The average Bonchev–Trinajstić information content (AvgIpc) is 2.81. The van der Waals surface area contributed by atoms with E-state index in [-0.39, 0.29) is 28.6 Å². The van der Waals surface area contributed by atoms with Crippen molar-refractivity contribution in [3.63, 3.8) is 0 Å². The van der Waals surface area contributed by atoms with Gasteiger partial charge in [-0.15, -0.1) is 0 Å². The molecule has 0 amide bonds. The molecule has 106 valence electrons. The molecule has 3 N–H and O–H groups in total. The van der Waals surface area contributed by atoms with Gasteiger partial charge in [0, 0.05) is 12.2 Å². The molecule has 1 saturated heterocycles. The average molecular weight is 335 g/mol. The Morgan fingerprint density at radius 2 is 2.26 bits per heavy atom. The first-order chi connectivity index (χ1) is 9.04. The zero-order valence-corrected chi connectivity index (χ0v) is 12.2. The summed E-state index contributed by atoms with van der Waals surface area (Å²) in [6.45, 7) is 2.71. The molecule has 0 bridgehead atoms. The van der Waals surface area contributed by atoms with Crippen LogP contribution < -0.4 is 11.3 Å². The number of nitrogens with two attached hydrogens (primary N) is 1. The van der Waals surface area contributed by atoms with Crippen LogP contribution in [0.2, 0.25) is 0 Å². The summed E-state index contributed by atoms with van der Waals surface area (Å²) in [5.74, 6) is 4.69. The van der Waals surface area contributed by atoms with Crippen LogP contribution in [-0.2, 0) is 11.2 Å². The Balaban J connectivity index is 2.21. The molecule has 1 aliphatic rings. The molecule has 0 saturated carbocycles. The Labute approximate surface area is 119 Å². The van der Waals surface area contributed by atoms with E-state index in [9.17, 15) is 8.78 Å². The van der Waals surface area contributed by atoms with Gasteiger partial charge in [-0.1, -0.05) is 6.92 Å². The van der Waals surface area contributed by atoms with Crippen molar-refractivity contribution in [1.29, 1.82) is 0 Å². The number of hydrazine groups is 1. The number of halogens is 3. The normalized spacial score (nSPS) is 24.7. The lowest BCUT2D eigenvalue weighted by Crippen LogP contribution is -2.47. The number of rotatable bonds is 4. The third kappa shape index (κ3) is 3.13. The summed E-state index contributed by atoms with van der Waals surface area (Å²) in [6.07, 6.45) is 0.970. The number of nitrogens with one attached hydrogen (secondary N) is 1. The summed E-state index contributed by atoms with van der Waals surface area (Å²) in [6, 6.07) is 2.29. The van der Waals surface area contributed by atoms with Crippen molar-refractivity contribution < 1.29 is 13.5 Å². The molecular weight excluding hydrogens is 318 g/mol. The minimum atomic E-state index is -0.578. The van der Waals surface area contributed by atoms with Gasteiger partial charge in [0.2, 0.25) is 0 Å². The highest BCUT2D eigenvalue weighted by Crippen LogP contribution is 2.27. The van der Waals surface area contributed by atoms with E-state index < -0.39 is 11.6 Å². The van der Waals surface area contributed by atoms with Crippen LogP contribution in [0.15, 0.2) is 16.6 Å². The molecule has 1 aromatic rings. The minimum absolute atomic E-state index is 0.0278. The molecular formula is C13H17BrF2N2O. The van der Waals surface area contributed by atoms with Gasteiger partial charge in [0.05, 0.1) is 16.6 Å². The molecule has 3 atom stereocenters. The maximum atomic E-state index is 13.9. The summed E-state index contributed by atoms with van der Waals surface area (Å²) in [4.78, 5) is 0. The molecule has 0 aliphatic carbocycles. The molecule has 2 rings (SSSR count). The van der Waals surface area contributed by atoms with E-state index >= 15 is 0 Å². The highest BCUT2D eigenvalue weighted by molar-refractivity contribution is 9.10. The summed E-state index contributed by atoms with van der Waals surface area (Å²) in [5.41, 5.74) is 2.65. The van der Waals surface area contributed by atoms with Gasteiger partial charge in [-0.25, -0.2) is 8.78 Å². The number of hydrogen-bond acceptors (Lipinski definition) is 3. The lowest BCUT2D eigenvalue weighted by atomic mass is 9.93. The van der Waals surface area contributed by atoms with E-state index in [0.29, 0.717) is 12.5 Å². The standard InChI is InChI=1S/C13H17BrF2N2O/c1-7-4-5-19-13(7)11(18-17)6-8-10(15)3-2-9(14)12(8)16/h2-3,7,11,13,18H,4-6,17H2,1H3. The molecule has 0 aromatic heterocycles. The molecule has 1 aliphatic heterocycles. The fourth-order valence-electron chi connectivity index (χ4n) is 2.48. The van der Waals surface area contributed by atoms with Gasteiger partial charge in [-0.3, -0.25) is 11.3 Å². The van der Waals surface area contributed by atoms with Crippen molar-refractivity contribution in [1.82, 2.24) is 5.43 Å². The fraction of sp³-hybridized carbons (Fsp3) is 0.538. The van der Waals surface area contributed by atoms with Crippen LogP contribution in [0.4, 0.5) is 8.78 Å². The van der Waals surface area contributed by atoms with E-state index in [4.69, 9.17) is 10.6 Å². The summed E-state index contributed by atoms with van der Waals surface area (Å²) in [7, 11) is 0. The summed E-state index contributed by atoms with van der Waals surface area (Å²) >= 11 is 3.06. The van der Waals surface area contributed by atoms with Crippen LogP contribution in [0.25, 0.3) is 0 Å². The summed E-state index contributed by atoms with van der Waals surface area (Å²) < 4.78 is 33.5. The van der Waals surface area contributed by atoms with E-state index in [1.807, 2.05) is 0 Å². The Morgan fingerprint density at radius 1 is 1.53 bits per heavy atom. The lowest BCUT2D eigenvalue weighted by molar-refractivity contribution is 0.0605. The van der Waals surface area contributed by atoms with Gasteiger partial charge in [0.1, 0.15) is 11.6 Å². The van der Waals surface area contributed by atoms with Gasteiger partial charge in [-0.2, -0.15) is 0 Å². The molecule has 0 spiro atoms. The zero-order chi connectivity index (χ0) is 14.0. The highest BCUT2D eigenvalue weighted by atomic mass is 79.9. The monoisotopic (exact) mass is 334 g/mol. The smallest absolute Gasteiger partial charge is 0.143 e. The van der Waals surface area contributed by atoms with Crippen LogP contribution in [0.1, 0.15) is 18.9 Å². The van der Waals surface area contributed by atoms with Crippen molar-refractivity contribution in [2.45, 2.75) is 31.9 Å². The molecule has 1 heterocycles. The first kappa shape index (κ1) is 14.8. The van der Waals surface area contributed by atoms with Crippen molar-refractivity contribution in [3.8, 4) is 0 Å². The number of hydrogen-bond donors (Lipinski definition) is 2. The van der Waals surface area contributed by atoms with Gasteiger partial charge >= 0.3 is 0 Å². The van der Waals surface area contributed by atoms with Crippen LogP contribution in [0, 0.1) is 17.6 Å². The largest absolute Gasteiger partial charge is 0.376 e. The first-order valence-electron chi connectivity index (χ1n) is 6.24. The number of ether oxygens (including phenoxy) is 1. The van der Waals surface area contributed by atoms with E-state index in [0.717, 1.165) is 6.42 Å². The number of benzene rings is 1. The molecule has 3 unspecified atom stereocenters. The maximum Gasteiger partial charge on any atom is 0.143 e. The third-order valence-electron chi connectivity index (χ3n) is 3.62. The fourth-order valence-corrected chi connectivity index (χ4v) is 2.85. The Hall–Kier alpha value is -0.560. The predicted octanol–water partition coefficient (Wildman–Crippen LogP) is 2.53. The topological polar surface area (TPSA) is 47.3 Å². The van der Waals surface area contributed by atoms with E-state index in [1.54, 1.807) is 0 Å². The van der Waals surface area contributed by atoms with E-state index in [2.05, 4.69) is 28.3 Å². The Bertz CT molecular complexity index is 459. The second kappa shape index (κ2) is 6.26. The van der Waals surface area contributed by atoms with Crippen molar-refractivity contribution in [3.05, 3.63) is 33.8 Å². The highest BCUT2D eigenvalue weighted by Gasteiger charge is 2.32. The van der Waals surface area contributed by atoms with E-state index in [1.165, 1.54) is 12.1 Å². The Morgan fingerprint density at radius 3 is 2.84 bits per heavy atom. The third-order valence-corrected chi connectivity index (χ3v) is 4.23.